The lowest BCUT2D eigenvalue weighted by atomic mass is 9.90. The zero-order valence-corrected chi connectivity index (χ0v) is 15.0. The summed E-state index contributed by atoms with van der Waals surface area (Å²) in [6.45, 7) is 0.222. The van der Waals surface area contributed by atoms with Crippen molar-refractivity contribution >= 4 is 11.9 Å². The Hall–Kier alpha value is -3.47. The van der Waals surface area contributed by atoms with Crippen molar-refractivity contribution in [1.82, 2.24) is 10.3 Å². The van der Waals surface area contributed by atoms with Gasteiger partial charge in [-0.1, -0.05) is 60.7 Å². The van der Waals surface area contributed by atoms with Gasteiger partial charge in [0.15, 0.2) is 0 Å². The van der Waals surface area contributed by atoms with Crippen molar-refractivity contribution in [3.63, 3.8) is 0 Å². The van der Waals surface area contributed by atoms with Crippen molar-refractivity contribution in [2.24, 2.45) is 0 Å². The number of carbonyl (C=O) groups excluding carboxylic acids is 2. The number of hydrogen-bond acceptors (Lipinski definition) is 4. The molecule has 1 amide bonds. The minimum Gasteiger partial charge on any atom is -0.465 e. The van der Waals surface area contributed by atoms with Gasteiger partial charge in [0.1, 0.15) is 0 Å². The topological polar surface area (TPSA) is 68.3 Å². The van der Waals surface area contributed by atoms with Crippen molar-refractivity contribution in [2.45, 2.75) is 12.5 Å². The van der Waals surface area contributed by atoms with E-state index >= 15 is 0 Å². The molecular weight excluding hydrogens is 340 g/mol. The standard InChI is InChI=1S/C22H20N2O3/c1-27-22(26)18-12-13-23-19(14-18)15-24-21(25)20(16-8-4-2-5-9-16)17-10-6-3-7-11-17/h2-14,20H,15H2,1H3,(H,24,25). The fourth-order valence-corrected chi connectivity index (χ4v) is 2.89. The molecule has 1 aromatic heterocycles. The Kier molecular flexibility index (Phi) is 5.94. The van der Waals surface area contributed by atoms with Gasteiger partial charge in [-0.15, -0.1) is 0 Å². The molecule has 0 radical (unpaired) electrons. The molecule has 136 valence electrons. The van der Waals surface area contributed by atoms with Crippen LogP contribution in [0.25, 0.3) is 0 Å². The van der Waals surface area contributed by atoms with Crippen molar-refractivity contribution < 1.29 is 14.3 Å². The third-order valence-electron chi connectivity index (χ3n) is 4.21. The molecule has 0 bridgehead atoms. The maximum absolute atomic E-state index is 13.0. The molecule has 3 aromatic rings. The van der Waals surface area contributed by atoms with Crippen LogP contribution in [0.5, 0.6) is 0 Å². The maximum Gasteiger partial charge on any atom is 0.337 e. The quantitative estimate of drug-likeness (QED) is 0.685. The summed E-state index contributed by atoms with van der Waals surface area (Å²) >= 11 is 0. The third kappa shape index (κ3) is 4.58. The van der Waals surface area contributed by atoms with Crippen LogP contribution in [-0.2, 0) is 16.1 Å². The summed E-state index contributed by atoms with van der Waals surface area (Å²) in [5.74, 6) is -0.981. The largest absolute Gasteiger partial charge is 0.465 e. The molecule has 0 unspecified atom stereocenters. The van der Waals surface area contributed by atoms with Crippen molar-refractivity contribution in [3.05, 3.63) is 101 Å². The fourth-order valence-electron chi connectivity index (χ4n) is 2.89. The predicted octanol–water partition coefficient (Wildman–Crippen LogP) is 3.32. The summed E-state index contributed by atoms with van der Waals surface area (Å²) in [6, 6.07) is 22.5. The second-order valence-electron chi connectivity index (χ2n) is 6.00. The number of carbonyl (C=O) groups is 2. The van der Waals surface area contributed by atoms with Crippen LogP contribution in [0.1, 0.15) is 33.1 Å². The van der Waals surface area contributed by atoms with Gasteiger partial charge < -0.3 is 10.1 Å². The van der Waals surface area contributed by atoms with Crippen molar-refractivity contribution in [2.75, 3.05) is 7.11 Å². The average Bonchev–Trinajstić information content (AvgIpc) is 2.73. The molecule has 0 aliphatic heterocycles. The molecule has 5 nitrogen and oxygen atoms in total. The molecule has 27 heavy (non-hydrogen) atoms. The Morgan fingerprint density at radius 3 is 2.11 bits per heavy atom. The molecule has 0 aliphatic rings. The first-order valence-electron chi connectivity index (χ1n) is 8.60. The number of esters is 1. The minimum absolute atomic E-state index is 0.127. The van der Waals surface area contributed by atoms with E-state index in [1.807, 2.05) is 60.7 Å². The van der Waals surface area contributed by atoms with Crippen molar-refractivity contribution in [3.8, 4) is 0 Å². The Morgan fingerprint density at radius 2 is 1.56 bits per heavy atom. The number of nitrogens with zero attached hydrogens (tertiary/aromatic N) is 1. The molecular formula is C22H20N2O3. The third-order valence-corrected chi connectivity index (χ3v) is 4.21. The first kappa shape index (κ1) is 18.3. The van der Waals surface area contributed by atoms with Gasteiger partial charge in [-0.3, -0.25) is 9.78 Å². The maximum atomic E-state index is 13.0. The van der Waals surface area contributed by atoms with E-state index in [9.17, 15) is 9.59 Å². The lowest BCUT2D eigenvalue weighted by Gasteiger charge is -2.18. The molecule has 0 fully saturated rings. The van der Waals surface area contributed by atoms with Crippen LogP contribution in [0.2, 0.25) is 0 Å². The first-order chi connectivity index (χ1) is 13.2. The molecule has 0 spiro atoms. The van der Waals surface area contributed by atoms with E-state index in [2.05, 4.69) is 10.3 Å². The summed E-state index contributed by atoms with van der Waals surface area (Å²) in [4.78, 5) is 28.8. The monoisotopic (exact) mass is 360 g/mol. The van der Waals surface area contributed by atoms with Gasteiger partial charge in [-0.05, 0) is 23.3 Å². The number of aromatic nitrogens is 1. The lowest BCUT2D eigenvalue weighted by molar-refractivity contribution is -0.121. The Morgan fingerprint density at radius 1 is 0.963 bits per heavy atom. The van der Waals surface area contributed by atoms with Gasteiger partial charge >= 0.3 is 5.97 Å². The Balaban J connectivity index is 1.79. The van der Waals surface area contributed by atoms with Crippen LogP contribution in [-0.4, -0.2) is 24.0 Å². The van der Waals surface area contributed by atoms with Crippen LogP contribution < -0.4 is 5.32 Å². The summed E-state index contributed by atoms with van der Waals surface area (Å²) in [6.07, 6.45) is 1.53. The van der Waals surface area contributed by atoms with E-state index in [4.69, 9.17) is 4.74 Å². The normalized spacial score (nSPS) is 10.4. The summed E-state index contributed by atoms with van der Waals surface area (Å²) in [5, 5.41) is 2.93. The highest BCUT2D eigenvalue weighted by atomic mass is 16.5. The number of methoxy groups -OCH3 is 1. The summed E-state index contributed by atoms with van der Waals surface area (Å²) in [5.41, 5.74) is 2.82. The number of hydrogen-bond donors (Lipinski definition) is 1. The van der Waals surface area contributed by atoms with Gasteiger partial charge in [0.25, 0.3) is 0 Å². The highest BCUT2D eigenvalue weighted by molar-refractivity contribution is 5.89. The highest BCUT2D eigenvalue weighted by Crippen LogP contribution is 2.24. The number of nitrogens with one attached hydrogen (secondary N) is 1. The number of amides is 1. The van der Waals surface area contributed by atoms with Crippen LogP contribution >= 0.6 is 0 Å². The minimum atomic E-state index is -0.434. The smallest absolute Gasteiger partial charge is 0.337 e. The van der Waals surface area contributed by atoms with E-state index in [1.54, 1.807) is 12.1 Å². The molecule has 1 heterocycles. The second kappa shape index (κ2) is 8.76. The molecule has 0 saturated heterocycles. The van der Waals surface area contributed by atoms with Gasteiger partial charge in [0.05, 0.1) is 30.8 Å². The van der Waals surface area contributed by atoms with E-state index in [0.29, 0.717) is 11.3 Å². The van der Waals surface area contributed by atoms with Crippen LogP contribution in [0.4, 0.5) is 0 Å². The van der Waals surface area contributed by atoms with Crippen LogP contribution in [0, 0.1) is 0 Å². The zero-order valence-electron chi connectivity index (χ0n) is 15.0. The molecule has 0 atom stereocenters. The number of rotatable bonds is 6. The highest BCUT2D eigenvalue weighted by Gasteiger charge is 2.22. The molecule has 3 rings (SSSR count). The molecule has 1 N–H and O–H groups in total. The van der Waals surface area contributed by atoms with Gasteiger partial charge in [-0.2, -0.15) is 0 Å². The van der Waals surface area contributed by atoms with Gasteiger partial charge in [0, 0.05) is 6.20 Å². The zero-order chi connectivity index (χ0) is 19.1. The lowest BCUT2D eigenvalue weighted by Crippen LogP contribution is -2.30. The van der Waals surface area contributed by atoms with Crippen LogP contribution in [0.3, 0.4) is 0 Å². The number of benzene rings is 2. The molecule has 5 heteroatoms. The SMILES string of the molecule is COC(=O)c1ccnc(CNC(=O)C(c2ccccc2)c2ccccc2)c1. The van der Waals surface area contributed by atoms with Crippen molar-refractivity contribution in [1.29, 1.82) is 0 Å². The summed E-state index contributed by atoms with van der Waals surface area (Å²) in [7, 11) is 1.33. The van der Waals surface area contributed by atoms with Crippen LogP contribution in [0.15, 0.2) is 79.0 Å². The first-order valence-corrected chi connectivity index (χ1v) is 8.60. The Bertz CT molecular complexity index is 872. The predicted molar refractivity (Wildman–Crippen MR) is 102 cm³/mol. The second-order valence-corrected chi connectivity index (χ2v) is 6.00. The molecule has 0 aliphatic carbocycles. The van der Waals surface area contributed by atoms with Gasteiger partial charge in [-0.25, -0.2) is 4.79 Å². The summed E-state index contributed by atoms with van der Waals surface area (Å²) < 4.78 is 4.72. The average molecular weight is 360 g/mol. The Labute approximate surface area is 158 Å². The van der Waals surface area contributed by atoms with E-state index in [-0.39, 0.29) is 12.5 Å². The number of ether oxygens (including phenoxy) is 1. The fraction of sp³-hybridized carbons (Fsp3) is 0.136. The molecule has 0 saturated carbocycles. The molecule has 2 aromatic carbocycles. The van der Waals surface area contributed by atoms with E-state index in [1.165, 1.54) is 13.3 Å². The number of pyridine rings is 1. The van der Waals surface area contributed by atoms with E-state index < -0.39 is 11.9 Å². The van der Waals surface area contributed by atoms with E-state index in [0.717, 1.165) is 11.1 Å². The van der Waals surface area contributed by atoms with Gasteiger partial charge in [0.2, 0.25) is 5.91 Å².